The summed E-state index contributed by atoms with van der Waals surface area (Å²) in [7, 11) is 0. The number of aromatic amines is 1. The zero-order valence-electron chi connectivity index (χ0n) is 9.49. The minimum atomic E-state index is -0.0524. The van der Waals surface area contributed by atoms with Crippen molar-refractivity contribution in [3.8, 4) is 0 Å². The van der Waals surface area contributed by atoms with Crippen LogP contribution in [0.3, 0.4) is 0 Å². The number of hydrogen-bond donors (Lipinski definition) is 3. The maximum atomic E-state index is 11.6. The molecule has 0 aromatic carbocycles. The summed E-state index contributed by atoms with van der Waals surface area (Å²) in [6.45, 7) is 2.69. The molecule has 1 amide bonds. The van der Waals surface area contributed by atoms with Crippen molar-refractivity contribution in [2.45, 2.75) is 38.3 Å². The molecule has 1 fully saturated rings. The minimum absolute atomic E-state index is 0.0524. The number of carbonyl (C=O) groups excluding carboxylic acids is 1. The van der Waals surface area contributed by atoms with E-state index < -0.39 is 0 Å². The van der Waals surface area contributed by atoms with Crippen LogP contribution in [0.4, 0.5) is 0 Å². The normalized spacial score (nSPS) is 17.1. The number of nitrogens with zero attached hydrogens (tertiary/aromatic N) is 1. The molecule has 0 spiro atoms. The SMILES string of the molecule is CC(NC(=O)CCNC1CC1)c1ncc[nH]1. The lowest BCUT2D eigenvalue weighted by molar-refractivity contribution is -0.121. The van der Waals surface area contributed by atoms with Crippen LogP contribution in [-0.4, -0.2) is 28.5 Å². The maximum absolute atomic E-state index is 11.6. The first-order chi connectivity index (χ1) is 7.75. The summed E-state index contributed by atoms with van der Waals surface area (Å²) in [5, 5.41) is 6.21. The lowest BCUT2D eigenvalue weighted by atomic mass is 10.3. The summed E-state index contributed by atoms with van der Waals surface area (Å²) < 4.78 is 0. The van der Waals surface area contributed by atoms with E-state index in [2.05, 4.69) is 20.6 Å². The topological polar surface area (TPSA) is 69.8 Å². The molecule has 1 aromatic heterocycles. The van der Waals surface area contributed by atoms with Gasteiger partial charge in [-0.25, -0.2) is 4.98 Å². The standard InChI is InChI=1S/C11H18N4O/c1-8(11-13-6-7-14-11)15-10(16)4-5-12-9-2-3-9/h6-9,12H,2-5H2,1H3,(H,13,14)(H,15,16). The van der Waals surface area contributed by atoms with Crippen LogP contribution in [0.15, 0.2) is 12.4 Å². The number of carbonyl (C=O) groups is 1. The third-order valence-corrected chi connectivity index (χ3v) is 2.67. The van der Waals surface area contributed by atoms with Gasteiger partial charge in [-0.3, -0.25) is 4.79 Å². The van der Waals surface area contributed by atoms with Crippen molar-refractivity contribution in [2.24, 2.45) is 0 Å². The van der Waals surface area contributed by atoms with Gasteiger partial charge in [0.2, 0.25) is 5.91 Å². The first kappa shape index (κ1) is 11.1. The van der Waals surface area contributed by atoms with Crippen molar-refractivity contribution in [2.75, 3.05) is 6.54 Å². The number of nitrogens with one attached hydrogen (secondary N) is 3. The van der Waals surface area contributed by atoms with E-state index >= 15 is 0 Å². The summed E-state index contributed by atoms with van der Waals surface area (Å²) in [5.41, 5.74) is 0. The third-order valence-electron chi connectivity index (χ3n) is 2.67. The molecular formula is C11H18N4O. The van der Waals surface area contributed by atoms with Gasteiger partial charge in [0.1, 0.15) is 5.82 Å². The Hall–Kier alpha value is -1.36. The van der Waals surface area contributed by atoms with E-state index in [1.54, 1.807) is 12.4 Å². The molecule has 88 valence electrons. The molecule has 2 rings (SSSR count). The van der Waals surface area contributed by atoms with Gasteiger partial charge in [-0.15, -0.1) is 0 Å². The average molecular weight is 222 g/mol. The highest BCUT2D eigenvalue weighted by Gasteiger charge is 2.20. The molecule has 0 saturated heterocycles. The Morgan fingerprint density at radius 2 is 2.50 bits per heavy atom. The lowest BCUT2D eigenvalue weighted by Gasteiger charge is -2.11. The second-order valence-corrected chi connectivity index (χ2v) is 4.24. The summed E-state index contributed by atoms with van der Waals surface area (Å²) in [6.07, 6.45) is 6.48. The van der Waals surface area contributed by atoms with E-state index in [0.29, 0.717) is 12.5 Å². The summed E-state index contributed by atoms with van der Waals surface area (Å²) >= 11 is 0. The van der Waals surface area contributed by atoms with Gasteiger partial charge in [-0.1, -0.05) is 0 Å². The zero-order valence-corrected chi connectivity index (χ0v) is 9.49. The first-order valence-corrected chi connectivity index (χ1v) is 5.77. The summed E-state index contributed by atoms with van der Waals surface area (Å²) in [6, 6.07) is 0.610. The van der Waals surface area contributed by atoms with Gasteiger partial charge in [0.05, 0.1) is 6.04 Å². The molecule has 1 heterocycles. The number of amides is 1. The van der Waals surface area contributed by atoms with Crippen LogP contribution in [0.25, 0.3) is 0 Å². The first-order valence-electron chi connectivity index (χ1n) is 5.77. The monoisotopic (exact) mass is 222 g/mol. The fraction of sp³-hybridized carbons (Fsp3) is 0.636. The number of H-pyrrole nitrogens is 1. The maximum Gasteiger partial charge on any atom is 0.221 e. The highest BCUT2D eigenvalue weighted by atomic mass is 16.1. The fourth-order valence-corrected chi connectivity index (χ4v) is 1.57. The van der Waals surface area contributed by atoms with Crippen molar-refractivity contribution in [1.82, 2.24) is 20.6 Å². The molecule has 3 N–H and O–H groups in total. The van der Waals surface area contributed by atoms with E-state index in [4.69, 9.17) is 0 Å². The Bertz CT molecular complexity index is 332. The molecule has 0 aliphatic heterocycles. The quantitative estimate of drug-likeness (QED) is 0.664. The van der Waals surface area contributed by atoms with Crippen LogP contribution in [0.1, 0.15) is 38.1 Å². The third kappa shape index (κ3) is 3.34. The fourth-order valence-electron chi connectivity index (χ4n) is 1.57. The molecule has 1 aromatic rings. The van der Waals surface area contributed by atoms with Gasteiger partial charge < -0.3 is 15.6 Å². The van der Waals surface area contributed by atoms with Crippen molar-refractivity contribution in [3.05, 3.63) is 18.2 Å². The van der Waals surface area contributed by atoms with E-state index in [0.717, 1.165) is 12.4 Å². The van der Waals surface area contributed by atoms with E-state index in [9.17, 15) is 4.79 Å². The van der Waals surface area contributed by atoms with Crippen LogP contribution in [0.2, 0.25) is 0 Å². The molecule has 0 bridgehead atoms. The van der Waals surface area contributed by atoms with Crippen LogP contribution in [-0.2, 0) is 4.79 Å². The van der Waals surface area contributed by atoms with Crippen molar-refractivity contribution in [3.63, 3.8) is 0 Å². The van der Waals surface area contributed by atoms with Crippen LogP contribution in [0, 0.1) is 0 Å². The smallest absolute Gasteiger partial charge is 0.221 e. The Morgan fingerprint density at radius 3 is 3.12 bits per heavy atom. The molecule has 0 radical (unpaired) electrons. The van der Waals surface area contributed by atoms with Crippen molar-refractivity contribution < 1.29 is 4.79 Å². The van der Waals surface area contributed by atoms with Gasteiger partial charge >= 0.3 is 0 Å². The van der Waals surface area contributed by atoms with Crippen LogP contribution in [0.5, 0.6) is 0 Å². The molecular weight excluding hydrogens is 204 g/mol. The van der Waals surface area contributed by atoms with Crippen LogP contribution < -0.4 is 10.6 Å². The molecule has 5 nitrogen and oxygen atoms in total. The number of hydrogen-bond acceptors (Lipinski definition) is 3. The van der Waals surface area contributed by atoms with Crippen molar-refractivity contribution >= 4 is 5.91 Å². The highest BCUT2D eigenvalue weighted by Crippen LogP contribution is 2.18. The average Bonchev–Trinajstić information content (AvgIpc) is 2.91. The second kappa shape index (κ2) is 5.12. The molecule has 1 unspecified atom stereocenters. The van der Waals surface area contributed by atoms with Gasteiger partial charge in [0.25, 0.3) is 0 Å². The lowest BCUT2D eigenvalue weighted by Crippen LogP contribution is -2.30. The minimum Gasteiger partial charge on any atom is -0.347 e. The number of imidazole rings is 1. The summed E-state index contributed by atoms with van der Waals surface area (Å²) in [5.74, 6) is 0.862. The second-order valence-electron chi connectivity index (χ2n) is 4.24. The molecule has 5 heteroatoms. The Kier molecular flexibility index (Phi) is 3.56. The predicted octanol–water partition coefficient (Wildman–Crippen LogP) is 0.729. The van der Waals surface area contributed by atoms with Gasteiger partial charge in [0.15, 0.2) is 0 Å². The van der Waals surface area contributed by atoms with Crippen molar-refractivity contribution in [1.29, 1.82) is 0 Å². The molecule has 16 heavy (non-hydrogen) atoms. The Morgan fingerprint density at radius 1 is 1.69 bits per heavy atom. The molecule has 1 saturated carbocycles. The van der Waals surface area contributed by atoms with E-state index in [-0.39, 0.29) is 11.9 Å². The molecule has 1 aliphatic carbocycles. The van der Waals surface area contributed by atoms with Gasteiger partial charge in [0, 0.05) is 31.4 Å². The largest absolute Gasteiger partial charge is 0.347 e. The summed E-state index contributed by atoms with van der Waals surface area (Å²) in [4.78, 5) is 18.6. The zero-order chi connectivity index (χ0) is 11.4. The number of rotatable bonds is 6. The van der Waals surface area contributed by atoms with Gasteiger partial charge in [-0.2, -0.15) is 0 Å². The number of aromatic nitrogens is 2. The Labute approximate surface area is 95.0 Å². The molecule has 1 aliphatic rings. The predicted molar refractivity (Wildman–Crippen MR) is 60.8 cm³/mol. The molecule has 1 atom stereocenters. The Balaban J connectivity index is 1.65. The highest BCUT2D eigenvalue weighted by molar-refractivity contribution is 5.76. The van der Waals surface area contributed by atoms with Gasteiger partial charge in [-0.05, 0) is 19.8 Å². The van der Waals surface area contributed by atoms with E-state index in [1.807, 2.05) is 6.92 Å². The van der Waals surface area contributed by atoms with Crippen LogP contribution >= 0.6 is 0 Å². The van der Waals surface area contributed by atoms with E-state index in [1.165, 1.54) is 12.8 Å².